The van der Waals surface area contributed by atoms with Crippen molar-refractivity contribution in [2.24, 2.45) is 0 Å². The predicted molar refractivity (Wildman–Crippen MR) is 300 cm³/mol. The standard InChI is InChI=1S/C30H39O6Se.C24BCl8F12/c1-4-31-19-22-34-25-13-7-10-16-28(25)37(29-17-11-8-14-26(29)35-23-20-32-5-2)30-18-12-9-15-27(30)36-24-21-33-6-3;26-5-1(13(34)21(42)17(38)9(5)30)25(2-6(27)10(31)18(39)22(43)14(2)35,3-7(28)11(32)19(40)23(44)15(3)36)4-8(29)12(33)20(41)24(45)16(4)37/h7-18H,4-6,19-24H2,1-3H3;/q+1;-1. The van der Waals surface area contributed by atoms with Crippen LogP contribution in [0.25, 0.3) is 0 Å². The van der Waals surface area contributed by atoms with Crippen LogP contribution in [0.4, 0.5) is 52.7 Å². The Morgan fingerprint density at radius 3 is 0.744 bits per heavy atom. The molecule has 0 saturated carbocycles. The van der Waals surface area contributed by atoms with Crippen LogP contribution in [-0.4, -0.2) is 79.5 Å². The van der Waals surface area contributed by atoms with Crippen LogP contribution in [0, 0.1) is 69.8 Å². The Labute approximate surface area is 506 Å². The molecule has 0 aliphatic carbocycles. The molecule has 0 amide bonds. The Bertz CT molecular complexity index is 2950. The van der Waals surface area contributed by atoms with E-state index in [0.29, 0.717) is 59.5 Å². The van der Waals surface area contributed by atoms with Gasteiger partial charge in [-0.3, -0.25) is 0 Å². The normalized spacial score (nSPS) is 11.6. The van der Waals surface area contributed by atoms with Crippen LogP contribution in [0.1, 0.15) is 20.8 Å². The van der Waals surface area contributed by atoms with Gasteiger partial charge < -0.3 is 0 Å². The summed E-state index contributed by atoms with van der Waals surface area (Å²) >= 11 is 44.7. The Kier molecular flexibility index (Phi) is 24.4. The molecule has 6 nitrogen and oxygen atoms in total. The average Bonchev–Trinajstić information content (AvgIpc) is 1.30. The van der Waals surface area contributed by atoms with Crippen LogP contribution in [0.5, 0.6) is 17.2 Å². The van der Waals surface area contributed by atoms with Gasteiger partial charge in [0.2, 0.25) is 0 Å². The average molecular weight is 1390 g/mol. The molecule has 0 atom stereocenters. The maximum absolute atomic E-state index is 16.0. The third-order valence-corrected chi connectivity index (χ3v) is 20.3. The number of para-hydroxylation sites is 3. The van der Waals surface area contributed by atoms with Gasteiger partial charge in [-0.2, -0.15) is 0 Å². The second-order valence-corrected chi connectivity index (χ2v) is 23.7. The SMILES string of the molecule is CCOCCOc1ccccc1[Se+](c1ccccc1OCCOCC)c1ccccc1OCCOCC.Fc1c(F)c(Cl)c(Cl)c([B-](c2c(F)c(F)c(F)c(Cl)c2Cl)(c2c(F)c(F)c(F)c(Cl)c2Cl)c2c(F)c(F)c(F)c(Cl)c2Cl)c1F. The van der Waals surface area contributed by atoms with E-state index < -0.39 is 152 Å². The summed E-state index contributed by atoms with van der Waals surface area (Å²) in [6.07, 6.45) is -5.62. The Morgan fingerprint density at radius 2 is 0.524 bits per heavy atom. The first-order valence-corrected chi connectivity index (χ1v) is 29.5. The molecule has 0 aliphatic rings. The van der Waals surface area contributed by atoms with Crippen molar-refractivity contribution in [3.63, 3.8) is 0 Å². The zero-order valence-corrected chi connectivity index (χ0v) is 50.0. The van der Waals surface area contributed by atoms with E-state index in [0.717, 1.165) is 30.6 Å². The molecule has 0 radical (unpaired) electrons. The fraction of sp³-hybridized carbons (Fsp3) is 0.222. The smallest absolute Gasteiger partial charge is 0.192 e. The number of hydrogen-bond acceptors (Lipinski definition) is 6. The van der Waals surface area contributed by atoms with E-state index in [9.17, 15) is 17.6 Å². The maximum Gasteiger partial charge on any atom is 0.192 e. The van der Waals surface area contributed by atoms with Gasteiger partial charge in [0.1, 0.15) is 29.4 Å². The van der Waals surface area contributed by atoms with Crippen molar-refractivity contribution < 1.29 is 81.1 Å². The largest absolute Gasteiger partial charge is 0.207 e. The summed E-state index contributed by atoms with van der Waals surface area (Å²) in [5.74, 6) is -28.7. The van der Waals surface area contributed by atoms with Gasteiger partial charge in [0.25, 0.3) is 0 Å². The van der Waals surface area contributed by atoms with Gasteiger partial charge >= 0.3 is 226 Å². The summed E-state index contributed by atoms with van der Waals surface area (Å²) in [5, 5.41) is -13.9. The van der Waals surface area contributed by atoms with Crippen molar-refractivity contribution in [1.29, 1.82) is 0 Å². The minimum absolute atomic E-state index is 0.489. The van der Waals surface area contributed by atoms with E-state index in [1.54, 1.807) is 0 Å². The van der Waals surface area contributed by atoms with Gasteiger partial charge in [-0.25, -0.2) is 52.7 Å². The van der Waals surface area contributed by atoms with Crippen LogP contribution in [-0.2, 0) is 14.2 Å². The molecule has 0 bridgehead atoms. The van der Waals surface area contributed by atoms with Crippen molar-refractivity contribution in [3.8, 4) is 17.2 Å². The zero-order chi connectivity index (χ0) is 60.5. The zero-order valence-electron chi connectivity index (χ0n) is 42.3. The molecule has 0 aliphatic heterocycles. The predicted octanol–water partition coefficient (Wildman–Crippen LogP) is 13.4. The molecule has 7 aromatic rings. The van der Waals surface area contributed by atoms with Gasteiger partial charge in [-0.1, -0.05) is 92.8 Å². The van der Waals surface area contributed by atoms with Crippen molar-refractivity contribution >= 4 is 148 Å². The first kappa shape index (κ1) is 67.0. The van der Waals surface area contributed by atoms with Crippen molar-refractivity contribution in [3.05, 3.63) is 183 Å². The summed E-state index contributed by atoms with van der Waals surface area (Å²) < 4.78 is 221. The molecule has 0 heterocycles. The number of benzene rings is 7. The van der Waals surface area contributed by atoms with Gasteiger partial charge in [-0.05, 0) is 0 Å². The number of hydrogen-bond donors (Lipinski definition) is 0. The van der Waals surface area contributed by atoms with E-state index in [1.807, 2.05) is 57.2 Å². The molecule has 0 N–H and O–H groups in total. The molecule has 0 aromatic heterocycles. The maximum atomic E-state index is 16.0. The summed E-state index contributed by atoms with van der Waals surface area (Å²) in [7, 11) is 0. The Balaban J connectivity index is 0.000000269. The van der Waals surface area contributed by atoms with Crippen LogP contribution in [0.2, 0.25) is 40.2 Å². The first-order chi connectivity index (χ1) is 39.0. The fourth-order valence-electron chi connectivity index (χ4n) is 8.51. The first-order valence-electron chi connectivity index (χ1n) is 23.9. The van der Waals surface area contributed by atoms with E-state index >= 15 is 35.1 Å². The third-order valence-electron chi connectivity index (χ3n) is 12.0. The number of rotatable bonds is 22. The van der Waals surface area contributed by atoms with Gasteiger partial charge in [0.15, 0.2) is 46.5 Å². The molecule has 7 rings (SSSR count). The Hall–Kier alpha value is -4.12. The quantitative estimate of drug-likeness (QED) is 0.0222. The molecule has 0 unspecified atom stereocenters. The molecule has 0 saturated heterocycles. The van der Waals surface area contributed by atoms with E-state index in [4.69, 9.17) is 121 Å². The van der Waals surface area contributed by atoms with Crippen LogP contribution >= 0.6 is 92.8 Å². The molecule has 0 fully saturated rings. The van der Waals surface area contributed by atoms with Crippen LogP contribution in [0.3, 0.4) is 0 Å². The molecular formula is C54H39BCl8F12O6Se. The summed E-state index contributed by atoms with van der Waals surface area (Å²) in [5.41, 5.74) is -8.47. The van der Waals surface area contributed by atoms with E-state index in [1.165, 1.54) is 0 Å². The molecule has 0 spiro atoms. The minimum Gasteiger partial charge on any atom is -0.207 e. The monoisotopic (exact) mass is 1380 g/mol. The van der Waals surface area contributed by atoms with Crippen molar-refractivity contribution in [1.82, 2.24) is 0 Å². The number of halogens is 20. The molecule has 440 valence electrons. The van der Waals surface area contributed by atoms with Gasteiger partial charge in [-0.15, -0.1) is 21.9 Å². The third kappa shape index (κ3) is 13.3. The second kappa shape index (κ2) is 29.8. The molecule has 28 heteroatoms. The van der Waals surface area contributed by atoms with Crippen molar-refractivity contribution in [2.45, 2.75) is 20.8 Å². The summed E-state index contributed by atoms with van der Waals surface area (Å²) in [6.45, 7) is 11.1. The van der Waals surface area contributed by atoms with Crippen LogP contribution in [0.15, 0.2) is 72.8 Å². The summed E-state index contributed by atoms with van der Waals surface area (Å²) in [6, 6.07) is 24.8. The number of ether oxygens (including phenoxy) is 6. The fourth-order valence-corrected chi connectivity index (χ4v) is 15.5. The van der Waals surface area contributed by atoms with Gasteiger partial charge in [0, 0.05) is 20.1 Å². The molecule has 7 aromatic carbocycles. The van der Waals surface area contributed by atoms with E-state index in [-0.39, 0.29) is 0 Å². The summed E-state index contributed by atoms with van der Waals surface area (Å²) in [4.78, 5) is 0. The topological polar surface area (TPSA) is 55.4 Å². The molecular weight excluding hydrogens is 1350 g/mol. The minimum atomic E-state index is -5.62. The Morgan fingerprint density at radius 1 is 0.305 bits per heavy atom. The second-order valence-electron chi connectivity index (χ2n) is 16.6. The van der Waals surface area contributed by atoms with Gasteiger partial charge in [0.05, 0.1) is 20.1 Å². The van der Waals surface area contributed by atoms with E-state index in [2.05, 4.69) is 36.4 Å². The van der Waals surface area contributed by atoms with Crippen LogP contribution < -0.4 is 49.4 Å². The molecule has 82 heavy (non-hydrogen) atoms. The van der Waals surface area contributed by atoms with Crippen molar-refractivity contribution in [2.75, 3.05) is 59.5 Å².